The Kier molecular flexibility index (Phi) is 3.31. The van der Waals surface area contributed by atoms with E-state index in [1.165, 1.54) is 11.5 Å². The molecular formula is C10H15N5S. The Labute approximate surface area is 98.4 Å². The van der Waals surface area contributed by atoms with Gasteiger partial charge in [0, 0.05) is 18.3 Å². The summed E-state index contributed by atoms with van der Waals surface area (Å²) in [6.45, 7) is 4.97. The molecule has 0 saturated heterocycles. The van der Waals surface area contributed by atoms with E-state index >= 15 is 0 Å². The fraction of sp³-hybridized carbons (Fsp3) is 0.500. The van der Waals surface area contributed by atoms with E-state index in [9.17, 15) is 0 Å². The first-order chi connectivity index (χ1) is 7.72. The lowest BCUT2D eigenvalue weighted by atomic mass is 10.1. The predicted octanol–water partition coefficient (Wildman–Crippen LogP) is 1.50. The smallest absolute Gasteiger partial charge is 0.0776 e. The minimum Gasteiger partial charge on any atom is -0.319 e. The second-order valence-electron chi connectivity index (χ2n) is 3.74. The van der Waals surface area contributed by atoms with Gasteiger partial charge in [0.15, 0.2) is 0 Å². The zero-order valence-electron chi connectivity index (χ0n) is 9.42. The normalized spacial score (nSPS) is 12.9. The molecule has 2 aromatic rings. The van der Waals surface area contributed by atoms with Crippen LogP contribution in [0.15, 0.2) is 12.4 Å². The molecule has 2 rings (SSSR count). The van der Waals surface area contributed by atoms with Crippen LogP contribution >= 0.6 is 11.5 Å². The second kappa shape index (κ2) is 4.71. The lowest BCUT2D eigenvalue weighted by molar-refractivity contribution is 0.602. The first-order valence-electron chi connectivity index (χ1n) is 5.29. The molecule has 0 saturated carbocycles. The minimum atomic E-state index is -0.161. The number of hydrogen-bond acceptors (Lipinski definition) is 5. The number of hydrogen-bond donors (Lipinski definition) is 1. The summed E-state index contributed by atoms with van der Waals surface area (Å²) in [7, 11) is 0. The Balaban J connectivity index is 2.20. The van der Waals surface area contributed by atoms with Gasteiger partial charge in [0.1, 0.15) is 0 Å². The summed E-state index contributed by atoms with van der Waals surface area (Å²) in [4.78, 5) is 1.01. The summed E-state index contributed by atoms with van der Waals surface area (Å²) in [5, 5.41) is 8.23. The summed E-state index contributed by atoms with van der Waals surface area (Å²) in [6, 6.07) is -0.161. The first-order valence-corrected chi connectivity index (χ1v) is 6.06. The van der Waals surface area contributed by atoms with Crippen molar-refractivity contribution in [1.29, 1.82) is 0 Å². The monoisotopic (exact) mass is 237 g/mol. The van der Waals surface area contributed by atoms with Crippen molar-refractivity contribution < 1.29 is 0 Å². The van der Waals surface area contributed by atoms with Crippen LogP contribution in [0, 0.1) is 6.92 Å². The SMILES string of the molecule is CCCn1cc(C(N)c2snnc2C)cn1. The molecule has 5 nitrogen and oxygen atoms in total. The van der Waals surface area contributed by atoms with Crippen LogP contribution in [0.3, 0.4) is 0 Å². The third kappa shape index (κ3) is 2.12. The molecule has 0 aliphatic heterocycles. The molecule has 86 valence electrons. The molecule has 0 bridgehead atoms. The largest absolute Gasteiger partial charge is 0.319 e. The van der Waals surface area contributed by atoms with Gasteiger partial charge in [0.2, 0.25) is 0 Å². The van der Waals surface area contributed by atoms with Crippen LogP contribution in [-0.4, -0.2) is 19.4 Å². The molecule has 1 unspecified atom stereocenters. The fourth-order valence-electron chi connectivity index (χ4n) is 1.57. The Morgan fingerprint density at radius 2 is 2.38 bits per heavy atom. The van der Waals surface area contributed by atoms with E-state index in [-0.39, 0.29) is 6.04 Å². The van der Waals surface area contributed by atoms with E-state index in [2.05, 4.69) is 21.6 Å². The molecule has 0 amide bonds. The number of nitrogens with two attached hydrogens (primary N) is 1. The molecule has 1 atom stereocenters. The van der Waals surface area contributed by atoms with E-state index in [0.29, 0.717) is 0 Å². The number of aromatic nitrogens is 4. The minimum absolute atomic E-state index is 0.161. The lowest BCUT2D eigenvalue weighted by Crippen LogP contribution is -2.10. The van der Waals surface area contributed by atoms with Crippen molar-refractivity contribution in [2.24, 2.45) is 5.73 Å². The van der Waals surface area contributed by atoms with Crippen molar-refractivity contribution in [2.45, 2.75) is 32.9 Å². The van der Waals surface area contributed by atoms with Gasteiger partial charge in [0.05, 0.1) is 22.8 Å². The van der Waals surface area contributed by atoms with Crippen molar-refractivity contribution in [3.8, 4) is 0 Å². The van der Waals surface area contributed by atoms with Crippen LogP contribution in [0.4, 0.5) is 0 Å². The molecule has 0 aliphatic carbocycles. The summed E-state index contributed by atoms with van der Waals surface area (Å²) in [5.74, 6) is 0. The summed E-state index contributed by atoms with van der Waals surface area (Å²) in [5.41, 5.74) is 8.07. The van der Waals surface area contributed by atoms with Crippen molar-refractivity contribution in [3.05, 3.63) is 28.5 Å². The van der Waals surface area contributed by atoms with Crippen LogP contribution in [0.1, 0.15) is 35.5 Å². The highest BCUT2D eigenvalue weighted by molar-refractivity contribution is 7.05. The number of rotatable bonds is 4. The Bertz CT molecular complexity index is 461. The van der Waals surface area contributed by atoms with E-state index in [4.69, 9.17) is 5.73 Å². The van der Waals surface area contributed by atoms with Crippen LogP contribution in [0.25, 0.3) is 0 Å². The summed E-state index contributed by atoms with van der Waals surface area (Å²) >= 11 is 1.35. The van der Waals surface area contributed by atoms with Crippen molar-refractivity contribution in [2.75, 3.05) is 0 Å². The molecule has 0 fully saturated rings. The van der Waals surface area contributed by atoms with Gasteiger partial charge in [-0.2, -0.15) is 5.10 Å². The van der Waals surface area contributed by atoms with Gasteiger partial charge in [-0.3, -0.25) is 4.68 Å². The maximum Gasteiger partial charge on any atom is 0.0776 e. The van der Waals surface area contributed by atoms with E-state index in [1.807, 2.05) is 24.0 Å². The Morgan fingerprint density at radius 3 is 3.00 bits per heavy atom. The molecule has 6 heteroatoms. The van der Waals surface area contributed by atoms with Gasteiger partial charge < -0.3 is 5.73 Å². The number of aryl methyl sites for hydroxylation is 2. The van der Waals surface area contributed by atoms with Gasteiger partial charge in [0.25, 0.3) is 0 Å². The predicted molar refractivity (Wildman–Crippen MR) is 63.2 cm³/mol. The molecule has 2 aromatic heterocycles. The third-order valence-corrected chi connectivity index (χ3v) is 3.34. The van der Waals surface area contributed by atoms with Gasteiger partial charge >= 0.3 is 0 Å². The van der Waals surface area contributed by atoms with Crippen LogP contribution in [0.2, 0.25) is 0 Å². The Hall–Kier alpha value is -1.27. The van der Waals surface area contributed by atoms with Crippen molar-refractivity contribution in [3.63, 3.8) is 0 Å². The fourth-order valence-corrected chi connectivity index (χ4v) is 2.24. The highest BCUT2D eigenvalue weighted by Crippen LogP contribution is 2.23. The van der Waals surface area contributed by atoms with E-state index in [0.717, 1.165) is 29.1 Å². The van der Waals surface area contributed by atoms with Crippen molar-refractivity contribution >= 4 is 11.5 Å². The highest BCUT2D eigenvalue weighted by atomic mass is 32.1. The number of nitrogens with zero attached hydrogens (tertiary/aromatic N) is 4. The van der Waals surface area contributed by atoms with Gasteiger partial charge in [-0.15, -0.1) is 5.10 Å². The third-order valence-electron chi connectivity index (χ3n) is 2.43. The molecule has 16 heavy (non-hydrogen) atoms. The average molecular weight is 237 g/mol. The summed E-state index contributed by atoms with van der Waals surface area (Å²) in [6.07, 6.45) is 4.88. The van der Waals surface area contributed by atoms with Gasteiger partial charge in [-0.05, 0) is 24.9 Å². The molecule has 2 heterocycles. The van der Waals surface area contributed by atoms with Crippen LogP contribution in [0.5, 0.6) is 0 Å². The zero-order chi connectivity index (χ0) is 11.5. The highest BCUT2D eigenvalue weighted by Gasteiger charge is 2.16. The lowest BCUT2D eigenvalue weighted by Gasteiger charge is -2.06. The molecule has 2 N–H and O–H groups in total. The van der Waals surface area contributed by atoms with E-state index in [1.54, 1.807) is 0 Å². The second-order valence-corrected chi connectivity index (χ2v) is 4.52. The maximum atomic E-state index is 6.15. The molecule has 0 aromatic carbocycles. The standard InChI is InChI=1S/C10H15N5S/c1-3-4-15-6-8(5-12-15)9(11)10-7(2)13-14-16-10/h5-6,9H,3-4,11H2,1-2H3. The van der Waals surface area contributed by atoms with Gasteiger partial charge in [-0.25, -0.2) is 0 Å². The average Bonchev–Trinajstić information content (AvgIpc) is 2.87. The molecule has 0 aliphatic rings. The van der Waals surface area contributed by atoms with E-state index < -0.39 is 0 Å². The van der Waals surface area contributed by atoms with Crippen LogP contribution < -0.4 is 5.73 Å². The first kappa shape index (κ1) is 11.2. The molecular weight excluding hydrogens is 222 g/mol. The molecule has 0 radical (unpaired) electrons. The Morgan fingerprint density at radius 1 is 1.56 bits per heavy atom. The van der Waals surface area contributed by atoms with Gasteiger partial charge in [-0.1, -0.05) is 11.4 Å². The van der Waals surface area contributed by atoms with Crippen molar-refractivity contribution in [1.82, 2.24) is 19.4 Å². The topological polar surface area (TPSA) is 69.6 Å². The van der Waals surface area contributed by atoms with Crippen LogP contribution in [-0.2, 0) is 6.54 Å². The zero-order valence-corrected chi connectivity index (χ0v) is 10.2. The quantitative estimate of drug-likeness (QED) is 0.875. The molecule has 0 spiro atoms. The maximum absolute atomic E-state index is 6.15. The summed E-state index contributed by atoms with van der Waals surface area (Å²) < 4.78 is 5.81.